The number of halogens is 1. The monoisotopic (exact) mass is 434 g/mol. The van der Waals surface area contributed by atoms with Gasteiger partial charge >= 0.3 is 0 Å². The molecule has 6 nitrogen and oxygen atoms in total. The third-order valence-corrected chi connectivity index (χ3v) is 5.64. The molecule has 0 fully saturated rings. The second-order valence-corrected chi connectivity index (χ2v) is 7.75. The first kappa shape index (κ1) is 20.9. The van der Waals surface area contributed by atoms with Crippen LogP contribution < -0.4 is 4.74 Å². The summed E-state index contributed by atoms with van der Waals surface area (Å²) >= 11 is 6.16. The summed E-state index contributed by atoms with van der Waals surface area (Å²) in [7, 11) is 1.79. The predicted octanol–water partition coefficient (Wildman–Crippen LogP) is 5.51. The minimum absolute atomic E-state index is 0.109. The van der Waals surface area contributed by atoms with Crippen molar-refractivity contribution in [2.24, 2.45) is 0 Å². The Morgan fingerprint density at radius 1 is 1.19 bits per heavy atom. The maximum absolute atomic E-state index is 13.3. The number of amides is 1. The number of rotatable bonds is 6. The molecule has 0 aliphatic carbocycles. The smallest absolute Gasteiger partial charge is 0.254 e. The number of aromatic amines is 1. The van der Waals surface area contributed by atoms with Crippen LogP contribution in [0.15, 0.2) is 61.1 Å². The standard InChI is InChI=1S/C24H23ClN4O2/c1-4-31-22-11-17(8-9-20(22)16-6-5-7-19(25)10-16)24(30)29(3)15(2)21-14-26-12-18-13-27-28-23(18)21/h5-15H,4H2,1-3H3,(H,27,28)/t15-/m0/s1. The lowest BCUT2D eigenvalue weighted by molar-refractivity contribution is 0.0743. The molecule has 1 atom stereocenters. The van der Waals surface area contributed by atoms with Gasteiger partial charge in [-0.1, -0.05) is 23.7 Å². The quantitative estimate of drug-likeness (QED) is 0.434. The van der Waals surface area contributed by atoms with Crippen LogP contribution in [0, 0.1) is 0 Å². The van der Waals surface area contributed by atoms with Gasteiger partial charge in [0.1, 0.15) is 5.75 Å². The molecule has 1 N–H and O–H groups in total. The van der Waals surface area contributed by atoms with Gasteiger partial charge in [0.25, 0.3) is 5.91 Å². The maximum atomic E-state index is 13.3. The summed E-state index contributed by atoms with van der Waals surface area (Å²) in [4.78, 5) is 19.3. The maximum Gasteiger partial charge on any atom is 0.254 e. The fourth-order valence-electron chi connectivity index (χ4n) is 3.62. The lowest BCUT2D eigenvalue weighted by Crippen LogP contribution is -2.30. The number of benzene rings is 2. The molecular weight excluding hydrogens is 412 g/mol. The number of fused-ring (bicyclic) bond motifs is 1. The summed E-state index contributed by atoms with van der Waals surface area (Å²) in [6, 6.07) is 12.9. The van der Waals surface area contributed by atoms with Crippen molar-refractivity contribution in [3.8, 4) is 16.9 Å². The molecular formula is C24H23ClN4O2. The summed E-state index contributed by atoms with van der Waals surface area (Å²) in [5.74, 6) is 0.539. The zero-order valence-electron chi connectivity index (χ0n) is 17.6. The van der Waals surface area contributed by atoms with Crippen molar-refractivity contribution in [3.63, 3.8) is 0 Å². The summed E-state index contributed by atoms with van der Waals surface area (Å²) in [5, 5.41) is 8.65. The van der Waals surface area contributed by atoms with Crippen LogP contribution in [-0.2, 0) is 0 Å². The molecule has 4 rings (SSSR count). The van der Waals surface area contributed by atoms with E-state index in [1.54, 1.807) is 36.6 Å². The van der Waals surface area contributed by atoms with Crippen molar-refractivity contribution in [1.29, 1.82) is 0 Å². The van der Waals surface area contributed by atoms with E-state index in [0.29, 0.717) is 22.9 Å². The molecule has 0 saturated carbocycles. The van der Waals surface area contributed by atoms with Crippen LogP contribution in [0.3, 0.4) is 0 Å². The van der Waals surface area contributed by atoms with Crippen molar-refractivity contribution >= 4 is 28.4 Å². The number of pyridine rings is 1. The lowest BCUT2D eigenvalue weighted by Gasteiger charge is -2.26. The third kappa shape index (κ3) is 4.11. The number of aromatic nitrogens is 3. The number of carbonyl (C=O) groups excluding carboxylic acids is 1. The zero-order valence-corrected chi connectivity index (χ0v) is 18.3. The average molecular weight is 435 g/mol. The molecule has 7 heteroatoms. The van der Waals surface area contributed by atoms with Gasteiger partial charge in [0.2, 0.25) is 0 Å². The average Bonchev–Trinajstić information content (AvgIpc) is 3.27. The second kappa shape index (κ2) is 8.78. The SMILES string of the molecule is CCOc1cc(C(=O)N(C)[C@@H](C)c2cncc3cn[nH]c23)ccc1-c1cccc(Cl)c1. The van der Waals surface area contributed by atoms with Gasteiger partial charge in [0.05, 0.1) is 24.4 Å². The van der Waals surface area contributed by atoms with Crippen LogP contribution >= 0.6 is 11.6 Å². The van der Waals surface area contributed by atoms with E-state index in [1.807, 2.05) is 50.2 Å². The highest BCUT2D eigenvalue weighted by Gasteiger charge is 2.22. The minimum atomic E-state index is -0.202. The first-order valence-corrected chi connectivity index (χ1v) is 10.4. The summed E-state index contributed by atoms with van der Waals surface area (Å²) < 4.78 is 5.86. The molecule has 2 aromatic carbocycles. The molecule has 158 valence electrons. The first-order valence-electron chi connectivity index (χ1n) is 10.1. The Kier molecular flexibility index (Phi) is 5.91. The Bertz CT molecular complexity index is 1240. The Morgan fingerprint density at radius 3 is 2.81 bits per heavy atom. The zero-order chi connectivity index (χ0) is 22.0. The fourth-order valence-corrected chi connectivity index (χ4v) is 3.81. The number of nitrogens with zero attached hydrogens (tertiary/aromatic N) is 3. The largest absolute Gasteiger partial charge is 0.493 e. The van der Waals surface area contributed by atoms with Gasteiger partial charge in [-0.05, 0) is 49.7 Å². The molecule has 0 saturated heterocycles. The topological polar surface area (TPSA) is 71.1 Å². The minimum Gasteiger partial charge on any atom is -0.493 e. The molecule has 4 aromatic rings. The second-order valence-electron chi connectivity index (χ2n) is 7.31. The van der Waals surface area contributed by atoms with Crippen molar-refractivity contribution < 1.29 is 9.53 Å². The number of hydrogen-bond acceptors (Lipinski definition) is 4. The molecule has 0 aliphatic rings. The number of nitrogens with one attached hydrogen (secondary N) is 1. The summed E-state index contributed by atoms with van der Waals surface area (Å²) in [5.41, 5.74) is 4.17. The van der Waals surface area contributed by atoms with Gasteiger partial charge in [-0.25, -0.2) is 0 Å². The molecule has 31 heavy (non-hydrogen) atoms. The highest BCUT2D eigenvalue weighted by Crippen LogP contribution is 2.33. The van der Waals surface area contributed by atoms with Crippen LogP contribution in [0.1, 0.15) is 35.8 Å². The molecule has 0 unspecified atom stereocenters. The van der Waals surface area contributed by atoms with E-state index in [1.165, 1.54) is 0 Å². The van der Waals surface area contributed by atoms with E-state index in [4.69, 9.17) is 16.3 Å². The summed E-state index contributed by atoms with van der Waals surface area (Å²) in [6.45, 7) is 4.38. The van der Waals surface area contributed by atoms with Crippen LogP contribution in [-0.4, -0.2) is 39.6 Å². The van der Waals surface area contributed by atoms with E-state index in [2.05, 4.69) is 15.2 Å². The molecule has 0 aliphatic heterocycles. The van der Waals surface area contributed by atoms with Crippen molar-refractivity contribution in [2.45, 2.75) is 19.9 Å². The van der Waals surface area contributed by atoms with Gasteiger partial charge in [-0.3, -0.25) is 14.9 Å². The molecule has 1 amide bonds. The van der Waals surface area contributed by atoms with Crippen LogP contribution in [0.2, 0.25) is 5.02 Å². The molecule has 0 spiro atoms. The number of H-pyrrole nitrogens is 1. The number of carbonyl (C=O) groups is 1. The highest BCUT2D eigenvalue weighted by atomic mass is 35.5. The summed E-state index contributed by atoms with van der Waals surface area (Å²) in [6.07, 6.45) is 5.24. The van der Waals surface area contributed by atoms with E-state index < -0.39 is 0 Å². The lowest BCUT2D eigenvalue weighted by atomic mass is 10.0. The number of hydrogen-bond donors (Lipinski definition) is 1. The van der Waals surface area contributed by atoms with Gasteiger partial charge in [0, 0.05) is 46.5 Å². The van der Waals surface area contributed by atoms with E-state index in [0.717, 1.165) is 27.6 Å². The van der Waals surface area contributed by atoms with Crippen molar-refractivity contribution in [1.82, 2.24) is 20.1 Å². The Morgan fingerprint density at radius 2 is 2.03 bits per heavy atom. The molecule has 0 radical (unpaired) electrons. The third-order valence-electron chi connectivity index (χ3n) is 5.40. The fraction of sp³-hybridized carbons (Fsp3) is 0.208. The Labute approximate surface area is 185 Å². The predicted molar refractivity (Wildman–Crippen MR) is 122 cm³/mol. The van der Waals surface area contributed by atoms with Crippen molar-refractivity contribution in [3.05, 3.63) is 77.2 Å². The highest BCUT2D eigenvalue weighted by molar-refractivity contribution is 6.30. The van der Waals surface area contributed by atoms with E-state index in [-0.39, 0.29) is 11.9 Å². The van der Waals surface area contributed by atoms with E-state index in [9.17, 15) is 4.79 Å². The van der Waals surface area contributed by atoms with E-state index >= 15 is 0 Å². The normalized spacial score (nSPS) is 12.0. The van der Waals surface area contributed by atoms with Gasteiger partial charge in [-0.15, -0.1) is 0 Å². The van der Waals surface area contributed by atoms with Gasteiger partial charge in [0.15, 0.2) is 0 Å². The van der Waals surface area contributed by atoms with Crippen LogP contribution in [0.5, 0.6) is 5.75 Å². The van der Waals surface area contributed by atoms with Gasteiger partial charge in [-0.2, -0.15) is 5.10 Å². The molecule has 0 bridgehead atoms. The molecule has 2 aromatic heterocycles. The Balaban J connectivity index is 1.66. The van der Waals surface area contributed by atoms with Crippen molar-refractivity contribution in [2.75, 3.05) is 13.7 Å². The Hall–Kier alpha value is -3.38. The number of ether oxygens (including phenoxy) is 1. The van der Waals surface area contributed by atoms with Crippen LogP contribution in [0.25, 0.3) is 22.0 Å². The molecule has 2 heterocycles. The first-order chi connectivity index (χ1) is 15.0. The van der Waals surface area contributed by atoms with Crippen LogP contribution in [0.4, 0.5) is 0 Å². The van der Waals surface area contributed by atoms with Gasteiger partial charge < -0.3 is 9.64 Å².